The first kappa shape index (κ1) is 26.8. The highest BCUT2D eigenvalue weighted by Gasteiger charge is 2.14. The number of carbonyl (C=O) groups excluding carboxylic acids is 2. The Kier molecular flexibility index (Phi) is 9.92. The monoisotopic (exact) mass is 507 g/mol. The smallest absolute Gasteiger partial charge is 0.267 e. The van der Waals surface area contributed by atoms with Crippen LogP contribution in [-0.4, -0.2) is 50.8 Å². The number of hydrogen-bond donors (Lipinski definition) is 3. The molecule has 0 saturated heterocycles. The second-order valence-electron chi connectivity index (χ2n) is 8.23. The van der Waals surface area contributed by atoms with Crippen LogP contribution in [-0.2, 0) is 11.2 Å². The molecule has 7 nitrogen and oxygen atoms in total. The fourth-order valence-corrected chi connectivity index (χ4v) is 3.45. The van der Waals surface area contributed by atoms with Crippen molar-refractivity contribution in [2.24, 2.45) is 0 Å². The Labute approximate surface area is 216 Å². The lowest BCUT2D eigenvalue weighted by atomic mass is 10.1. The lowest BCUT2D eigenvalue weighted by molar-refractivity contribution is -0.117. The number of aliphatic hydroxyl groups excluding tert-OH is 1. The summed E-state index contributed by atoms with van der Waals surface area (Å²) in [4.78, 5) is 27.4. The normalized spacial score (nSPS) is 11.1. The van der Waals surface area contributed by atoms with Gasteiger partial charge in [-0.3, -0.25) is 9.59 Å². The average molecular weight is 508 g/mol. The van der Waals surface area contributed by atoms with E-state index < -0.39 is 11.8 Å². The van der Waals surface area contributed by atoms with Crippen LogP contribution >= 0.6 is 11.6 Å². The maximum atomic E-state index is 12.8. The molecular formula is C28H30ClN3O4. The number of hydrogen-bond acceptors (Lipinski definition) is 5. The largest absolute Gasteiger partial charge is 0.493 e. The topological polar surface area (TPSA) is 90.9 Å². The molecule has 0 aliphatic carbocycles. The Morgan fingerprint density at radius 2 is 1.75 bits per heavy atom. The van der Waals surface area contributed by atoms with Gasteiger partial charge in [0.25, 0.3) is 11.8 Å². The van der Waals surface area contributed by atoms with Crippen molar-refractivity contribution in [3.8, 4) is 5.75 Å². The molecule has 0 atom stereocenters. The van der Waals surface area contributed by atoms with Gasteiger partial charge < -0.3 is 25.4 Å². The first-order chi connectivity index (χ1) is 17.4. The maximum Gasteiger partial charge on any atom is 0.267 e. The molecule has 0 heterocycles. The summed E-state index contributed by atoms with van der Waals surface area (Å²) < 4.78 is 5.84. The molecule has 3 aromatic carbocycles. The molecule has 3 aromatic rings. The van der Waals surface area contributed by atoms with Gasteiger partial charge in [-0.2, -0.15) is 0 Å². The Morgan fingerprint density at radius 3 is 2.42 bits per heavy atom. The minimum Gasteiger partial charge on any atom is -0.493 e. The van der Waals surface area contributed by atoms with Crippen LogP contribution in [0.5, 0.6) is 5.75 Å². The minimum atomic E-state index is -0.509. The van der Waals surface area contributed by atoms with Crippen molar-refractivity contribution in [3.63, 3.8) is 0 Å². The van der Waals surface area contributed by atoms with E-state index in [0.29, 0.717) is 28.5 Å². The van der Waals surface area contributed by atoms with E-state index >= 15 is 0 Å². The van der Waals surface area contributed by atoms with Gasteiger partial charge in [0.1, 0.15) is 11.4 Å². The van der Waals surface area contributed by atoms with Crippen molar-refractivity contribution >= 4 is 35.2 Å². The number of nitrogens with zero attached hydrogens (tertiary/aromatic N) is 1. The molecule has 2 amide bonds. The highest BCUT2D eigenvalue weighted by molar-refractivity contribution is 6.30. The summed E-state index contributed by atoms with van der Waals surface area (Å²) >= 11 is 5.93. The van der Waals surface area contributed by atoms with Gasteiger partial charge in [0.15, 0.2) is 0 Å². The molecule has 0 spiro atoms. The van der Waals surface area contributed by atoms with E-state index in [4.69, 9.17) is 21.4 Å². The second-order valence-corrected chi connectivity index (χ2v) is 8.67. The molecule has 0 radical (unpaired) electrons. The Balaban J connectivity index is 1.62. The molecule has 8 heteroatoms. The summed E-state index contributed by atoms with van der Waals surface area (Å²) in [6.07, 6.45) is 2.30. The van der Waals surface area contributed by atoms with Gasteiger partial charge in [0.05, 0.1) is 13.2 Å². The number of rotatable bonds is 11. The third-order valence-electron chi connectivity index (χ3n) is 5.27. The van der Waals surface area contributed by atoms with Gasteiger partial charge in [-0.25, -0.2) is 0 Å². The van der Waals surface area contributed by atoms with Crippen LogP contribution in [0.25, 0.3) is 6.08 Å². The first-order valence-corrected chi connectivity index (χ1v) is 11.9. The van der Waals surface area contributed by atoms with Gasteiger partial charge in [-0.1, -0.05) is 35.9 Å². The minimum absolute atomic E-state index is 0.0519. The van der Waals surface area contributed by atoms with E-state index in [1.165, 1.54) is 5.56 Å². The molecule has 0 aliphatic heterocycles. The third-order valence-corrected chi connectivity index (χ3v) is 5.53. The van der Waals surface area contributed by atoms with Crippen LogP contribution in [0.3, 0.4) is 0 Å². The molecule has 0 bridgehead atoms. The SMILES string of the molecule is CN(C)c1cccc(CCOc2ccc(C(=O)N/C(=C/c3ccc(Cl)cc3)C(=O)NCCO)cc2)c1. The van der Waals surface area contributed by atoms with Gasteiger partial charge in [-0.05, 0) is 65.7 Å². The van der Waals surface area contributed by atoms with Crippen LogP contribution in [0.4, 0.5) is 5.69 Å². The van der Waals surface area contributed by atoms with Crippen molar-refractivity contribution < 1.29 is 19.4 Å². The molecule has 36 heavy (non-hydrogen) atoms. The van der Waals surface area contributed by atoms with E-state index in [-0.39, 0.29) is 18.8 Å². The van der Waals surface area contributed by atoms with Crippen molar-refractivity contribution in [2.75, 3.05) is 38.8 Å². The molecule has 3 rings (SSSR count). The van der Waals surface area contributed by atoms with Crippen LogP contribution in [0.2, 0.25) is 5.02 Å². The van der Waals surface area contributed by atoms with E-state index in [0.717, 1.165) is 12.1 Å². The average Bonchev–Trinajstić information content (AvgIpc) is 2.88. The fourth-order valence-electron chi connectivity index (χ4n) is 3.32. The number of benzene rings is 3. The summed E-state index contributed by atoms with van der Waals surface area (Å²) in [5.41, 5.74) is 3.43. The number of nitrogens with one attached hydrogen (secondary N) is 2. The third kappa shape index (κ3) is 8.15. The van der Waals surface area contributed by atoms with Crippen molar-refractivity contribution in [2.45, 2.75) is 6.42 Å². The fraction of sp³-hybridized carbons (Fsp3) is 0.214. The number of aliphatic hydroxyl groups is 1. The highest BCUT2D eigenvalue weighted by atomic mass is 35.5. The van der Waals surface area contributed by atoms with Crippen LogP contribution < -0.4 is 20.3 Å². The Morgan fingerprint density at radius 1 is 1.03 bits per heavy atom. The zero-order valence-corrected chi connectivity index (χ0v) is 21.1. The molecular weight excluding hydrogens is 478 g/mol. The Hall–Kier alpha value is -3.81. The zero-order chi connectivity index (χ0) is 25.9. The van der Waals surface area contributed by atoms with Gasteiger partial charge >= 0.3 is 0 Å². The number of anilines is 1. The van der Waals surface area contributed by atoms with Crippen molar-refractivity contribution in [3.05, 3.63) is 100 Å². The summed E-state index contributed by atoms with van der Waals surface area (Å²) in [5, 5.41) is 14.8. The van der Waals surface area contributed by atoms with E-state index in [1.807, 2.05) is 20.2 Å². The summed E-state index contributed by atoms with van der Waals surface area (Å²) in [6.45, 7) is 0.357. The van der Waals surface area contributed by atoms with Gasteiger partial charge in [0.2, 0.25) is 0 Å². The first-order valence-electron chi connectivity index (χ1n) is 11.5. The Bertz CT molecular complexity index is 1190. The summed E-state index contributed by atoms with van der Waals surface area (Å²) in [5.74, 6) is -0.306. The number of carbonyl (C=O) groups is 2. The van der Waals surface area contributed by atoms with Gasteiger partial charge in [-0.15, -0.1) is 0 Å². The molecule has 0 aliphatic rings. The highest BCUT2D eigenvalue weighted by Crippen LogP contribution is 2.17. The summed E-state index contributed by atoms with van der Waals surface area (Å²) in [6, 6.07) is 21.8. The lowest BCUT2D eigenvalue weighted by Gasteiger charge is -2.14. The molecule has 0 fully saturated rings. The molecule has 0 aromatic heterocycles. The standard InChI is InChI=1S/C28H30ClN3O4/c1-32(2)24-5-3-4-20(18-24)14-17-36-25-12-8-22(9-13-25)27(34)31-26(28(35)30-15-16-33)19-21-6-10-23(29)11-7-21/h3-13,18-19,33H,14-17H2,1-2H3,(H,30,35)(H,31,34)/b26-19+. The molecule has 0 unspecified atom stereocenters. The van der Waals surface area contributed by atoms with Crippen LogP contribution in [0, 0.1) is 0 Å². The van der Waals surface area contributed by atoms with E-state index in [2.05, 4.69) is 33.7 Å². The number of ether oxygens (including phenoxy) is 1. The van der Waals surface area contributed by atoms with Crippen molar-refractivity contribution in [1.82, 2.24) is 10.6 Å². The van der Waals surface area contributed by atoms with Crippen molar-refractivity contribution in [1.29, 1.82) is 0 Å². The molecule has 3 N–H and O–H groups in total. The van der Waals surface area contributed by atoms with Crippen LogP contribution in [0.15, 0.2) is 78.5 Å². The maximum absolute atomic E-state index is 12.8. The molecule has 0 saturated carbocycles. The zero-order valence-electron chi connectivity index (χ0n) is 20.3. The predicted octanol–water partition coefficient (Wildman–Crippen LogP) is 3.91. The number of halogens is 1. The van der Waals surface area contributed by atoms with Crippen LogP contribution in [0.1, 0.15) is 21.5 Å². The van der Waals surface area contributed by atoms with Gasteiger partial charge in [0, 0.05) is 43.3 Å². The number of amides is 2. The quantitative estimate of drug-likeness (QED) is 0.342. The molecule has 188 valence electrons. The van der Waals surface area contributed by atoms with E-state index in [9.17, 15) is 9.59 Å². The lowest BCUT2D eigenvalue weighted by Crippen LogP contribution is -2.36. The summed E-state index contributed by atoms with van der Waals surface area (Å²) in [7, 11) is 4.01. The predicted molar refractivity (Wildman–Crippen MR) is 143 cm³/mol. The second kappa shape index (κ2) is 13.3. The van der Waals surface area contributed by atoms with E-state index in [1.54, 1.807) is 54.6 Å².